The summed E-state index contributed by atoms with van der Waals surface area (Å²) in [5.74, 6) is 0.744. The van der Waals surface area contributed by atoms with E-state index in [1.54, 1.807) is 0 Å². The van der Waals surface area contributed by atoms with Gasteiger partial charge in [0.15, 0.2) is 6.29 Å². The maximum Gasteiger partial charge on any atom is 0.157 e. The Bertz CT molecular complexity index is 844. The number of ether oxygens (including phenoxy) is 2. The van der Waals surface area contributed by atoms with E-state index in [4.69, 9.17) is 21.1 Å². The van der Waals surface area contributed by atoms with Crippen LogP contribution in [0.1, 0.15) is 85.0 Å². The topological polar surface area (TPSA) is 69.7 Å². The van der Waals surface area contributed by atoms with E-state index >= 15 is 0 Å². The van der Waals surface area contributed by atoms with Gasteiger partial charge in [-0.05, 0) is 63.7 Å². The second-order valence-electron chi connectivity index (χ2n) is 11.3. The number of hydrogen-bond donors (Lipinski definition) is 0. The Morgan fingerprint density at radius 2 is 1.66 bits per heavy atom. The Balaban J connectivity index is 0.000000198. The van der Waals surface area contributed by atoms with Gasteiger partial charge in [0.05, 0.1) is 19.1 Å². The average Bonchev–Trinajstić information content (AvgIpc) is 3.21. The van der Waals surface area contributed by atoms with Gasteiger partial charge in [0.2, 0.25) is 0 Å². The summed E-state index contributed by atoms with van der Waals surface area (Å²) in [6.45, 7) is 15.7. The molecule has 1 saturated heterocycles. The molecule has 5 atom stereocenters. The summed E-state index contributed by atoms with van der Waals surface area (Å²) in [5, 5.41) is 0. The second kappa shape index (κ2) is 11.8. The number of halogens is 1. The maximum atomic E-state index is 12.1. The van der Waals surface area contributed by atoms with Gasteiger partial charge in [-0.25, -0.2) is 0 Å². The van der Waals surface area contributed by atoms with Crippen molar-refractivity contribution in [2.45, 2.75) is 91.3 Å². The molecule has 196 valence electrons. The van der Waals surface area contributed by atoms with Gasteiger partial charge in [0, 0.05) is 36.0 Å². The molecule has 1 heterocycles. The van der Waals surface area contributed by atoms with Crippen LogP contribution >= 0.6 is 11.6 Å². The fourth-order valence-corrected chi connectivity index (χ4v) is 6.64. The molecule has 0 bridgehead atoms. The molecule has 0 aromatic rings. The lowest BCUT2D eigenvalue weighted by Gasteiger charge is -2.41. The first-order valence-corrected chi connectivity index (χ1v) is 13.8. The molecule has 0 aromatic carbocycles. The van der Waals surface area contributed by atoms with Crippen molar-refractivity contribution in [3.8, 4) is 0 Å². The largest absolute Gasteiger partial charge is 0.353 e. The third-order valence-electron chi connectivity index (χ3n) is 9.13. The van der Waals surface area contributed by atoms with Crippen molar-refractivity contribution >= 4 is 29.0 Å². The quantitative estimate of drug-likeness (QED) is 0.243. The number of ketones is 3. The number of allylic oxidation sites excluding steroid dienone is 2. The molecule has 0 N–H and O–H groups in total. The Kier molecular flexibility index (Phi) is 9.56. The van der Waals surface area contributed by atoms with Crippen molar-refractivity contribution < 1.29 is 23.9 Å². The lowest BCUT2D eigenvalue weighted by molar-refractivity contribution is -0.184. The number of alkyl halides is 1. The van der Waals surface area contributed by atoms with Crippen LogP contribution < -0.4 is 0 Å². The summed E-state index contributed by atoms with van der Waals surface area (Å²) in [6.07, 6.45) is 8.45. The van der Waals surface area contributed by atoms with E-state index in [0.29, 0.717) is 24.5 Å². The highest BCUT2D eigenvalue weighted by atomic mass is 35.5. The van der Waals surface area contributed by atoms with Gasteiger partial charge in [0.1, 0.15) is 17.3 Å². The van der Waals surface area contributed by atoms with E-state index in [1.807, 2.05) is 13.8 Å². The minimum absolute atomic E-state index is 0.0169. The summed E-state index contributed by atoms with van der Waals surface area (Å²) in [4.78, 5) is 36.1. The molecule has 35 heavy (non-hydrogen) atoms. The molecule has 0 amide bonds. The number of Topliss-reactive ketones (excluding diaryl/α,β-unsaturated/α-hetero) is 3. The SMILES string of the molecule is C=C(C)C1(CCC2OCCCO2)CCC(C)C(=O)C1.C=C(CCl)C12CCC(=O)C1C(=O)C(C)CC2. The molecule has 6 heteroatoms. The Morgan fingerprint density at radius 3 is 2.26 bits per heavy atom. The van der Waals surface area contributed by atoms with E-state index in [9.17, 15) is 14.4 Å². The molecule has 5 unspecified atom stereocenters. The van der Waals surface area contributed by atoms with Gasteiger partial charge >= 0.3 is 0 Å². The number of rotatable bonds is 6. The molecule has 0 spiro atoms. The standard InChI is InChI=1S/C16H26O3.C13H17ClO2/c1-12(2)16(7-5-13(3)14(17)11-16)8-6-15-18-9-4-10-19-15;1-8-3-5-13(9(2)7-14)6-4-10(15)11(13)12(8)16/h13,15H,1,4-11H2,2-3H3;8,11H,2-7H2,1H3. The van der Waals surface area contributed by atoms with Gasteiger partial charge in [-0.1, -0.05) is 38.2 Å². The Morgan fingerprint density at radius 1 is 1.00 bits per heavy atom. The zero-order valence-corrected chi connectivity index (χ0v) is 22.6. The predicted molar refractivity (Wildman–Crippen MR) is 138 cm³/mol. The second-order valence-corrected chi connectivity index (χ2v) is 11.6. The molecule has 0 aromatic heterocycles. The third-order valence-corrected chi connectivity index (χ3v) is 9.45. The normalized spacial score (nSPS) is 35.8. The summed E-state index contributed by atoms with van der Waals surface area (Å²) < 4.78 is 11.2. The van der Waals surface area contributed by atoms with Crippen LogP contribution in [0.4, 0.5) is 0 Å². The molecule has 1 aliphatic heterocycles. The zero-order valence-electron chi connectivity index (χ0n) is 21.8. The van der Waals surface area contributed by atoms with Gasteiger partial charge < -0.3 is 9.47 Å². The molecule has 0 radical (unpaired) electrons. The molecule has 3 saturated carbocycles. The van der Waals surface area contributed by atoms with Crippen LogP contribution in [-0.4, -0.2) is 42.7 Å². The Labute approximate surface area is 216 Å². The molecule has 5 nitrogen and oxygen atoms in total. The van der Waals surface area contributed by atoms with Crippen molar-refractivity contribution in [1.29, 1.82) is 0 Å². The van der Waals surface area contributed by atoms with Crippen molar-refractivity contribution in [1.82, 2.24) is 0 Å². The Hall–Kier alpha value is -1.30. The van der Waals surface area contributed by atoms with E-state index in [-0.39, 0.29) is 40.5 Å². The molecule has 3 aliphatic carbocycles. The van der Waals surface area contributed by atoms with Crippen molar-refractivity contribution in [2.75, 3.05) is 19.1 Å². The highest BCUT2D eigenvalue weighted by Crippen LogP contribution is 2.54. The van der Waals surface area contributed by atoms with Crippen LogP contribution in [0.3, 0.4) is 0 Å². The van der Waals surface area contributed by atoms with Crippen molar-refractivity contribution in [2.24, 2.45) is 28.6 Å². The first-order valence-electron chi connectivity index (χ1n) is 13.3. The lowest BCUT2D eigenvalue weighted by Crippen LogP contribution is -2.43. The van der Waals surface area contributed by atoms with Crippen LogP contribution in [0.2, 0.25) is 0 Å². The van der Waals surface area contributed by atoms with Crippen LogP contribution in [-0.2, 0) is 23.9 Å². The van der Waals surface area contributed by atoms with Gasteiger partial charge in [-0.3, -0.25) is 14.4 Å². The van der Waals surface area contributed by atoms with Gasteiger partial charge in [0.25, 0.3) is 0 Å². The third kappa shape index (κ3) is 5.99. The predicted octanol–water partition coefficient (Wildman–Crippen LogP) is 6.23. The average molecular weight is 507 g/mol. The minimum atomic E-state index is -0.442. The van der Waals surface area contributed by atoms with E-state index in [0.717, 1.165) is 75.7 Å². The summed E-state index contributed by atoms with van der Waals surface area (Å²) in [6, 6.07) is 0. The summed E-state index contributed by atoms with van der Waals surface area (Å²) in [5.41, 5.74) is 1.70. The molecule has 4 aliphatic rings. The van der Waals surface area contributed by atoms with E-state index in [1.165, 1.54) is 0 Å². The maximum absolute atomic E-state index is 12.1. The van der Waals surface area contributed by atoms with Gasteiger partial charge in [-0.2, -0.15) is 0 Å². The lowest BCUT2D eigenvalue weighted by atomic mass is 9.61. The highest BCUT2D eigenvalue weighted by Gasteiger charge is 2.55. The number of hydrogen-bond acceptors (Lipinski definition) is 5. The molecular weight excluding hydrogens is 464 g/mol. The smallest absolute Gasteiger partial charge is 0.157 e. The van der Waals surface area contributed by atoms with Crippen LogP contribution in [0.5, 0.6) is 0 Å². The summed E-state index contributed by atoms with van der Waals surface area (Å²) in [7, 11) is 0. The number of carbonyl (C=O) groups excluding carboxylic acids is 3. The van der Waals surface area contributed by atoms with Crippen LogP contribution in [0.25, 0.3) is 0 Å². The van der Waals surface area contributed by atoms with E-state index < -0.39 is 5.92 Å². The zero-order chi connectivity index (χ0) is 25.8. The summed E-state index contributed by atoms with van der Waals surface area (Å²) >= 11 is 5.86. The highest BCUT2D eigenvalue weighted by molar-refractivity contribution is 6.19. The monoisotopic (exact) mass is 506 g/mol. The number of carbonyl (C=O) groups is 3. The van der Waals surface area contributed by atoms with E-state index in [2.05, 4.69) is 20.1 Å². The van der Waals surface area contributed by atoms with Crippen molar-refractivity contribution in [3.05, 3.63) is 24.3 Å². The van der Waals surface area contributed by atoms with Crippen LogP contribution in [0.15, 0.2) is 24.3 Å². The number of fused-ring (bicyclic) bond motifs is 1. The minimum Gasteiger partial charge on any atom is -0.353 e. The molecule has 4 fully saturated rings. The first kappa shape index (κ1) is 28.3. The molecular formula is C29H43ClO5. The first-order chi connectivity index (χ1) is 16.6. The van der Waals surface area contributed by atoms with Gasteiger partial charge in [-0.15, -0.1) is 11.6 Å². The molecule has 4 rings (SSSR count). The fourth-order valence-electron chi connectivity index (χ4n) is 6.37. The van der Waals surface area contributed by atoms with Crippen LogP contribution in [0, 0.1) is 28.6 Å². The van der Waals surface area contributed by atoms with Crippen molar-refractivity contribution in [3.63, 3.8) is 0 Å². The fraction of sp³-hybridized carbons (Fsp3) is 0.759.